The van der Waals surface area contributed by atoms with Gasteiger partial charge in [-0.2, -0.15) is 5.10 Å². The summed E-state index contributed by atoms with van der Waals surface area (Å²) in [6, 6.07) is -0.465. The molecule has 150 valence electrons. The number of rotatable bonds is 3. The maximum absolute atomic E-state index is 12.7. The zero-order valence-electron chi connectivity index (χ0n) is 16.2. The predicted octanol–water partition coefficient (Wildman–Crippen LogP) is 1.77. The molecule has 8 heteroatoms. The van der Waals surface area contributed by atoms with E-state index >= 15 is 0 Å². The summed E-state index contributed by atoms with van der Waals surface area (Å²) in [4.78, 5) is 24.9. The van der Waals surface area contributed by atoms with Crippen molar-refractivity contribution in [3.63, 3.8) is 0 Å². The summed E-state index contributed by atoms with van der Waals surface area (Å²) in [5, 5.41) is 5.44. The summed E-state index contributed by atoms with van der Waals surface area (Å²) in [6.07, 6.45) is 2.79. The summed E-state index contributed by atoms with van der Waals surface area (Å²) in [7, 11) is -3.13. The van der Waals surface area contributed by atoms with E-state index in [1.54, 1.807) is 0 Å². The van der Waals surface area contributed by atoms with Crippen LogP contribution in [-0.2, 0) is 24.2 Å². The highest BCUT2D eigenvalue weighted by Crippen LogP contribution is 2.61. The molecule has 2 bridgehead atoms. The minimum absolute atomic E-state index is 0.0644. The molecule has 0 aromatic rings. The lowest BCUT2D eigenvalue weighted by atomic mass is 9.45. The van der Waals surface area contributed by atoms with Crippen molar-refractivity contribution < 1.29 is 22.7 Å². The van der Waals surface area contributed by atoms with Gasteiger partial charge in [-0.3, -0.25) is 4.79 Å². The van der Waals surface area contributed by atoms with E-state index in [-0.39, 0.29) is 42.1 Å². The highest BCUT2D eigenvalue weighted by Gasteiger charge is 2.57. The van der Waals surface area contributed by atoms with Crippen LogP contribution in [0.2, 0.25) is 0 Å². The average Bonchev–Trinajstić information content (AvgIpc) is 2.96. The fourth-order valence-electron chi connectivity index (χ4n) is 5.44. The number of amides is 1. The smallest absolute Gasteiger partial charge is 0.354 e. The van der Waals surface area contributed by atoms with Crippen LogP contribution in [-0.4, -0.2) is 54.7 Å². The molecule has 2 heterocycles. The van der Waals surface area contributed by atoms with E-state index < -0.39 is 21.8 Å². The second-order valence-electron chi connectivity index (χ2n) is 9.24. The molecule has 3 saturated carbocycles. The largest absolute Gasteiger partial charge is 0.458 e. The van der Waals surface area contributed by atoms with Crippen molar-refractivity contribution >= 4 is 27.4 Å². The van der Waals surface area contributed by atoms with Gasteiger partial charge in [0.2, 0.25) is 5.91 Å². The van der Waals surface area contributed by atoms with E-state index in [1.807, 2.05) is 0 Å². The number of carbonyl (C=O) groups excluding carboxylic acids is 2. The van der Waals surface area contributed by atoms with Crippen molar-refractivity contribution in [3.8, 4) is 0 Å². The van der Waals surface area contributed by atoms with Gasteiger partial charge in [-0.05, 0) is 42.4 Å². The number of hydrogen-bond acceptors (Lipinski definition) is 6. The number of ether oxygens (including phenoxy) is 1. The van der Waals surface area contributed by atoms with Crippen molar-refractivity contribution in [2.24, 2.45) is 28.3 Å². The van der Waals surface area contributed by atoms with E-state index in [0.29, 0.717) is 29.6 Å². The summed E-state index contributed by atoms with van der Waals surface area (Å²) >= 11 is 0. The molecule has 0 spiro atoms. The van der Waals surface area contributed by atoms with Gasteiger partial charge in [-0.1, -0.05) is 20.8 Å². The Kier molecular flexibility index (Phi) is 4.40. The van der Waals surface area contributed by atoms with Gasteiger partial charge in [0.1, 0.15) is 11.8 Å². The Labute approximate surface area is 160 Å². The van der Waals surface area contributed by atoms with Gasteiger partial charge < -0.3 is 4.74 Å². The molecule has 0 aromatic carbocycles. The molecular weight excluding hydrogens is 368 g/mol. The number of nitrogens with zero attached hydrogens (tertiary/aromatic N) is 2. The molecular formula is C19H28N2O5S. The molecule has 0 aromatic heterocycles. The quantitative estimate of drug-likeness (QED) is 0.678. The van der Waals surface area contributed by atoms with Gasteiger partial charge in [0.05, 0.1) is 17.5 Å². The minimum atomic E-state index is -3.13. The molecule has 5 atom stereocenters. The SMILES string of the molecule is C[C@H]1[C@@H](OC(=O)C2=NN([C@@H]3CCS(=O)(=O)C3)C(=O)CC2)C[C@@H]2C[C@H]1C2(C)C. The number of sulfone groups is 1. The molecule has 5 aliphatic rings. The van der Waals surface area contributed by atoms with Crippen molar-refractivity contribution in [1.29, 1.82) is 0 Å². The fourth-order valence-corrected chi connectivity index (χ4v) is 7.13. The normalized spacial score (nSPS) is 39.5. The Bertz CT molecular complexity index is 803. The molecule has 1 saturated heterocycles. The first-order valence-corrected chi connectivity index (χ1v) is 11.7. The van der Waals surface area contributed by atoms with Crippen LogP contribution in [0, 0.1) is 23.2 Å². The fraction of sp³-hybridized carbons (Fsp3) is 0.842. The van der Waals surface area contributed by atoms with Gasteiger partial charge in [0, 0.05) is 12.8 Å². The Morgan fingerprint density at radius 2 is 2.00 bits per heavy atom. The Hall–Kier alpha value is -1.44. The van der Waals surface area contributed by atoms with E-state index in [0.717, 1.165) is 6.42 Å². The average molecular weight is 397 g/mol. The summed E-state index contributed by atoms with van der Waals surface area (Å²) in [6.45, 7) is 6.75. The topological polar surface area (TPSA) is 93.1 Å². The zero-order chi connectivity index (χ0) is 19.6. The molecule has 7 nitrogen and oxygen atoms in total. The molecule has 0 N–H and O–H groups in total. The monoisotopic (exact) mass is 396 g/mol. The number of carbonyl (C=O) groups is 2. The number of hydrazone groups is 1. The molecule has 0 radical (unpaired) electrons. The van der Waals surface area contributed by atoms with Crippen molar-refractivity contribution in [3.05, 3.63) is 0 Å². The first-order chi connectivity index (χ1) is 12.6. The van der Waals surface area contributed by atoms with Crippen LogP contribution in [0.15, 0.2) is 5.10 Å². The molecule has 1 amide bonds. The van der Waals surface area contributed by atoms with Gasteiger partial charge in [0.15, 0.2) is 9.84 Å². The Morgan fingerprint density at radius 1 is 1.26 bits per heavy atom. The highest BCUT2D eigenvalue weighted by atomic mass is 32.2. The lowest BCUT2D eigenvalue weighted by Gasteiger charge is -2.61. The summed E-state index contributed by atoms with van der Waals surface area (Å²) in [5.41, 5.74) is 0.562. The van der Waals surface area contributed by atoms with Crippen LogP contribution < -0.4 is 0 Å². The number of fused-ring (bicyclic) bond motifs is 2. The van der Waals surface area contributed by atoms with Crippen LogP contribution in [0.25, 0.3) is 0 Å². The minimum Gasteiger partial charge on any atom is -0.458 e. The van der Waals surface area contributed by atoms with E-state index in [2.05, 4.69) is 25.9 Å². The van der Waals surface area contributed by atoms with Gasteiger partial charge in [0.25, 0.3) is 0 Å². The van der Waals surface area contributed by atoms with Crippen LogP contribution in [0.1, 0.15) is 52.9 Å². The van der Waals surface area contributed by atoms with E-state index in [4.69, 9.17) is 4.74 Å². The standard InChI is InChI=1S/C19H28N2O5S/c1-11-14-8-12(19(14,2)3)9-16(11)26-18(23)15-4-5-17(22)21(20-15)13-6-7-27(24,25)10-13/h11-14,16H,4-10H2,1-3H3/t11-,12+,13-,14-,16+/m1/s1. The molecule has 3 aliphatic carbocycles. The molecule has 5 rings (SSSR count). The Morgan fingerprint density at radius 3 is 2.59 bits per heavy atom. The van der Waals surface area contributed by atoms with E-state index in [1.165, 1.54) is 11.4 Å². The van der Waals surface area contributed by atoms with Crippen molar-refractivity contribution in [1.82, 2.24) is 5.01 Å². The maximum atomic E-state index is 12.7. The molecule has 2 aliphatic heterocycles. The van der Waals surface area contributed by atoms with Gasteiger partial charge in [-0.15, -0.1) is 0 Å². The third-order valence-electron chi connectivity index (χ3n) is 7.39. The zero-order valence-corrected chi connectivity index (χ0v) is 17.0. The summed E-state index contributed by atoms with van der Waals surface area (Å²) in [5.74, 6) is 0.788. The van der Waals surface area contributed by atoms with Crippen LogP contribution in [0.5, 0.6) is 0 Å². The van der Waals surface area contributed by atoms with Crippen molar-refractivity contribution in [2.45, 2.75) is 65.0 Å². The first-order valence-electron chi connectivity index (χ1n) is 9.89. The van der Waals surface area contributed by atoms with E-state index in [9.17, 15) is 18.0 Å². The summed E-state index contributed by atoms with van der Waals surface area (Å²) < 4.78 is 29.2. The van der Waals surface area contributed by atoms with Crippen LogP contribution >= 0.6 is 0 Å². The van der Waals surface area contributed by atoms with Gasteiger partial charge in [-0.25, -0.2) is 18.2 Å². The second-order valence-corrected chi connectivity index (χ2v) is 11.5. The van der Waals surface area contributed by atoms with Crippen LogP contribution in [0.4, 0.5) is 0 Å². The number of hydrogen-bond donors (Lipinski definition) is 0. The molecule has 27 heavy (non-hydrogen) atoms. The Balaban J connectivity index is 1.44. The van der Waals surface area contributed by atoms with Crippen LogP contribution in [0.3, 0.4) is 0 Å². The highest BCUT2D eigenvalue weighted by molar-refractivity contribution is 7.91. The second kappa shape index (κ2) is 6.29. The maximum Gasteiger partial charge on any atom is 0.354 e. The lowest BCUT2D eigenvalue weighted by molar-refractivity contribution is -0.180. The predicted molar refractivity (Wildman–Crippen MR) is 99.6 cm³/mol. The lowest BCUT2D eigenvalue weighted by Crippen LogP contribution is -2.57. The number of esters is 1. The molecule has 4 fully saturated rings. The first kappa shape index (κ1) is 18.9. The third kappa shape index (κ3) is 3.19. The molecule has 0 unspecified atom stereocenters. The third-order valence-corrected chi connectivity index (χ3v) is 9.14. The van der Waals surface area contributed by atoms with Crippen molar-refractivity contribution in [2.75, 3.05) is 11.5 Å². The van der Waals surface area contributed by atoms with Gasteiger partial charge >= 0.3 is 5.97 Å².